The molecule has 0 radical (unpaired) electrons. The van der Waals surface area contributed by atoms with Gasteiger partial charge in [0.1, 0.15) is 28.2 Å². The lowest BCUT2D eigenvalue weighted by atomic mass is 9.86. The van der Waals surface area contributed by atoms with E-state index in [-0.39, 0.29) is 16.2 Å². The van der Waals surface area contributed by atoms with Crippen molar-refractivity contribution in [1.29, 1.82) is 0 Å². The Hall–Kier alpha value is -10.7. The normalized spacial score (nSPS) is 13.1. The van der Waals surface area contributed by atoms with Crippen molar-refractivity contribution in [2.24, 2.45) is 50.4 Å². The molecule has 0 amide bonds. The van der Waals surface area contributed by atoms with Gasteiger partial charge < -0.3 is 17.7 Å². The summed E-state index contributed by atoms with van der Waals surface area (Å²) in [6.07, 6.45) is 20.6. The Morgan fingerprint density at radius 2 is 0.687 bits per heavy atom. The molecular weight excluding hydrogens is 1410 g/mol. The number of fused-ring (bicyclic) bond motifs is 12. The summed E-state index contributed by atoms with van der Waals surface area (Å²) in [7, 11) is 8.50. The van der Waals surface area contributed by atoms with Crippen LogP contribution >= 0.6 is 0 Å². The first-order valence-corrected chi connectivity index (χ1v) is 41.9. The van der Waals surface area contributed by atoms with E-state index < -0.39 is 0 Å². The number of aromatic nitrogens is 8. The first-order chi connectivity index (χ1) is 54.6. The van der Waals surface area contributed by atoms with Crippen molar-refractivity contribution in [3.8, 4) is 45.0 Å². The third kappa shape index (κ3) is 17.5. The van der Waals surface area contributed by atoms with Crippen LogP contribution in [0.1, 0.15) is 208 Å². The highest BCUT2D eigenvalue weighted by molar-refractivity contribution is 6.12. The predicted octanol–water partition coefficient (Wildman–Crippen LogP) is 25.1. The third-order valence-electron chi connectivity index (χ3n) is 22.7. The van der Waals surface area contributed by atoms with E-state index in [1.165, 1.54) is 93.6 Å². The number of aryl methyl sites for hydroxylation is 10. The molecule has 0 unspecified atom stereocenters. The molecule has 12 heterocycles. The second-order valence-corrected chi connectivity index (χ2v) is 37.4. The van der Waals surface area contributed by atoms with Crippen molar-refractivity contribution in [3.63, 3.8) is 0 Å². The van der Waals surface area contributed by atoms with Crippen molar-refractivity contribution >= 4 is 88.3 Å². The molecule has 0 saturated heterocycles. The van der Waals surface area contributed by atoms with Crippen molar-refractivity contribution in [2.75, 3.05) is 0 Å². The molecule has 17 rings (SSSR count). The summed E-state index contributed by atoms with van der Waals surface area (Å²) in [5.41, 5.74) is 31.3. The maximum absolute atomic E-state index is 6.48. The fourth-order valence-corrected chi connectivity index (χ4v) is 17.3. The van der Waals surface area contributed by atoms with Gasteiger partial charge in [-0.1, -0.05) is 165 Å². The molecule has 0 bridgehead atoms. The summed E-state index contributed by atoms with van der Waals surface area (Å²) < 4.78 is 34.3. The molecule has 0 N–H and O–H groups in total. The van der Waals surface area contributed by atoms with Crippen molar-refractivity contribution in [3.05, 3.63) is 238 Å². The number of pyridine rings is 8. The maximum atomic E-state index is 6.48. The van der Waals surface area contributed by atoms with E-state index >= 15 is 0 Å². The molecule has 1 aliphatic carbocycles. The molecule has 0 atom stereocenters. The number of benzene rings is 4. The zero-order valence-corrected chi connectivity index (χ0v) is 72.7. The first-order valence-electron chi connectivity index (χ1n) is 41.9. The Balaban J connectivity index is 0.000000127. The van der Waals surface area contributed by atoms with Crippen molar-refractivity contribution in [2.45, 2.75) is 208 Å². The van der Waals surface area contributed by atoms with Crippen molar-refractivity contribution < 1.29 is 35.9 Å². The van der Waals surface area contributed by atoms with E-state index in [0.29, 0.717) is 23.5 Å². The minimum atomic E-state index is 0.267. The van der Waals surface area contributed by atoms with E-state index in [1.54, 1.807) is 0 Å². The fraction of sp³-hybridized carbons (Fsp3) is 0.379. The average Bonchev–Trinajstić information content (AvgIpc) is 1.63. The molecular formula is C103H120N8O4+4. The number of furan rings is 4. The van der Waals surface area contributed by atoms with E-state index in [0.717, 1.165) is 166 Å². The lowest BCUT2D eigenvalue weighted by Crippen LogP contribution is -2.32. The second-order valence-electron chi connectivity index (χ2n) is 37.4. The molecule has 16 aromatic rings. The van der Waals surface area contributed by atoms with Crippen LogP contribution in [0.2, 0.25) is 0 Å². The van der Waals surface area contributed by atoms with E-state index in [4.69, 9.17) is 32.6 Å². The van der Waals surface area contributed by atoms with Gasteiger partial charge in [0.05, 0.1) is 22.3 Å². The smallest absolute Gasteiger partial charge is 0.227 e. The van der Waals surface area contributed by atoms with Gasteiger partial charge >= 0.3 is 0 Å². The molecule has 0 spiro atoms. The van der Waals surface area contributed by atoms with Crippen LogP contribution in [0.4, 0.5) is 0 Å². The Kier molecular flexibility index (Phi) is 22.9. The van der Waals surface area contributed by atoms with Gasteiger partial charge in [-0.25, -0.2) is 38.2 Å². The van der Waals surface area contributed by atoms with Gasteiger partial charge in [-0.3, -0.25) is 0 Å². The summed E-state index contributed by atoms with van der Waals surface area (Å²) in [6.45, 7) is 42.0. The molecule has 115 heavy (non-hydrogen) atoms. The Bertz CT molecular complexity index is 6330. The SMILES string of the molecule is CCc1ccc2c(n1)oc1c(-c3ccc(CC(C)(C)C)c[n+]3C)c(C)ccc12.Cc1ccc2c(n1)oc1c(-c3ccc(CC(C)(C)C)c[n+]3C)c(C)ccc12.Cc1ccc2c(oc3nc(C(C)C)ccc32)c1-c1ccc(CC(C)(C)C)c[n+]1C.Cc1ccc2c(oc3nc(C4CCCCC4)ccc32)c1-c1ccc(CC(C)C)c[n+]1C. The minimum absolute atomic E-state index is 0.267. The molecule has 12 aromatic heterocycles. The topological polar surface area (TPSA) is 120 Å². The number of rotatable bonds is 12. The highest BCUT2D eigenvalue weighted by atomic mass is 16.4. The third-order valence-corrected chi connectivity index (χ3v) is 22.7. The summed E-state index contributed by atoms with van der Waals surface area (Å²) in [5, 5.41) is 8.89. The quantitative estimate of drug-likeness (QED) is 0.111. The highest BCUT2D eigenvalue weighted by Crippen LogP contribution is 2.43. The van der Waals surface area contributed by atoms with Crippen LogP contribution in [0, 0.1) is 56.8 Å². The van der Waals surface area contributed by atoms with E-state index in [1.807, 2.05) is 13.0 Å². The van der Waals surface area contributed by atoms with Crippen molar-refractivity contribution in [1.82, 2.24) is 19.9 Å². The van der Waals surface area contributed by atoms with Gasteiger partial charge in [0.25, 0.3) is 0 Å². The average molecular weight is 1530 g/mol. The van der Waals surface area contributed by atoms with Gasteiger partial charge in [0, 0.05) is 118 Å². The van der Waals surface area contributed by atoms with Gasteiger partial charge in [0.2, 0.25) is 45.6 Å². The molecule has 1 fully saturated rings. The molecule has 4 aromatic carbocycles. The molecule has 12 heteroatoms. The zero-order valence-electron chi connectivity index (χ0n) is 72.7. The summed E-state index contributed by atoms with van der Waals surface area (Å²) in [4.78, 5) is 19.1. The monoisotopic (exact) mass is 1530 g/mol. The number of hydrogen-bond donors (Lipinski definition) is 0. The van der Waals surface area contributed by atoms with Gasteiger partial charge in [-0.2, -0.15) is 0 Å². The number of hydrogen-bond acceptors (Lipinski definition) is 8. The second kappa shape index (κ2) is 32.5. The summed E-state index contributed by atoms with van der Waals surface area (Å²) in [5.74, 6) is 1.61. The van der Waals surface area contributed by atoms with Crippen LogP contribution in [0.25, 0.3) is 133 Å². The standard InChI is InChI=1S/C28H33N2O.C26H31N2O.C25H29N2O.C24H27N2O/c1-18(2)16-20-11-15-25(30(4)17-20)26-19(3)10-12-22-23-13-14-24(21-8-6-5-7-9-21)29-28(23)31-27(22)26;1-16(2)21-12-11-20-19-10-8-17(3)23(24(19)29-25(20)27-21)22-13-9-18(15-28(22)7)14-26(4,5)6;1-7-18-10-12-20-19-11-8-16(2)22(23(19)28-24(20)26-18)21-13-9-17(15-27(21)6)14-25(3,4)5;1-15-7-10-18-19-11-8-16(2)25-23(19)27-22(18)21(15)20-12-9-17(14-26(20)6)13-24(3,4)5/h10-15,17-18,21H,5-9,16H2,1-4H3;8-13,15-16H,14H2,1-7H3;8-13,15H,7,14H2,1-6H3;7-12,14H,13H2,1-6H3/q4*+1. The minimum Gasteiger partial charge on any atom is -0.437 e. The maximum Gasteiger partial charge on any atom is 0.227 e. The van der Waals surface area contributed by atoms with Crippen LogP contribution in [-0.2, 0) is 60.3 Å². The summed E-state index contributed by atoms with van der Waals surface area (Å²) in [6, 6.07) is 52.4. The number of nitrogens with zero attached hydrogens (tertiary/aromatic N) is 8. The zero-order chi connectivity index (χ0) is 81.9. The predicted molar refractivity (Wildman–Crippen MR) is 474 cm³/mol. The lowest BCUT2D eigenvalue weighted by Gasteiger charge is -2.20. The van der Waals surface area contributed by atoms with E-state index in [9.17, 15) is 0 Å². The molecule has 0 aliphatic heterocycles. The molecule has 1 aliphatic rings. The van der Waals surface area contributed by atoms with Crippen LogP contribution in [-0.4, -0.2) is 19.9 Å². The first kappa shape index (κ1) is 80.9. The van der Waals surface area contributed by atoms with Gasteiger partial charge in [-0.05, 0) is 203 Å². The van der Waals surface area contributed by atoms with Crippen LogP contribution < -0.4 is 18.3 Å². The van der Waals surface area contributed by atoms with Gasteiger partial charge in [0.15, 0.2) is 47.1 Å². The largest absolute Gasteiger partial charge is 0.437 e. The van der Waals surface area contributed by atoms with Gasteiger partial charge in [-0.15, -0.1) is 0 Å². The summed E-state index contributed by atoms with van der Waals surface area (Å²) >= 11 is 0. The van der Waals surface area contributed by atoms with E-state index in [2.05, 4.69) is 340 Å². The van der Waals surface area contributed by atoms with Crippen LogP contribution in [0.15, 0.2) is 188 Å². The Morgan fingerprint density at radius 3 is 1.05 bits per heavy atom. The van der Waals surface area contributed by atoms with Crippen LogP contribution in [0.5, 0.6) is 0 Å². The Labute approximate surface area is 680 Å². The highest BCUT2D eigenvalue weighted by Gasteiger charge is 2.29. The fourth-order valence-electron chi connectivity index (χ4n) is 17.3. The Morgan fingerprint density at radius 1 is 0.357 bits per heavy atom. The van der Waals surface area contributed by atoms with Crippen LogP contribution in [0.3, 0.4) is 0 Å². The molecule has 592 valence electrons. The molecule has 12 nitrogen and oxygen atoms in total. The molecule has 1 saturated carbocycles. The lowest BCUT2D eigenvalue weighted by molar-refractivity contribution is -0.660.